The topological polar surface area (TPSA) is 174 Å². The van der Waals surface area contributed by atoms with Gasteiger partial charge in [-0.1, -0.05) is 30.3 Å². The van der Waals surface area contributed by atoms with E-state index in [0.717, 1.165) is 66.1 Å². The second kappa shape index (κ2) is 16.9. The summed E-state index contributed by atoms with van der Waals surface area (Å²) in [5.41, 5.74) is 19.8. The quantitative estimate of drug-likeness (QED) is 0.192. The fourth-order valence-corrected chi connectivity index (χ4v) is 5.99. The molecule has 2 aliphatic heterocycles. The van der Waals surface area contributed by atoms with Crippen LogP contribution in [0.5, 0.6) is 11.5 Å². The molecule has 14 heteroatoms. The van der Waals surface area contributed by atoms with Crippen molar-refractivity contribution >= 4 is 11.9 Å². The third-order valence-corrected chi connectivity index (χ3v) is 8.19. The van der Waals surface area contributed by atoms with Crippen LogP contribution in [0.1, 0.15) is 28.1 Å². The lowest BCUT2D eigenvalue weighted by Crippen LogP contribution is -2.46. The fraction of sp³-hybridized carbons (Fsp3) is 0.278. The van der Waals surface area contributed by atoms with Gasteiger partial charge in [-0.05, 0) is 29.8 Å². The molecule has 12 nitrogen and oxygen atoms in total. The predicted octanol–water partition coefficient (Wildman–Crippen LogP) is 3.74. The van der Waals surface area contributed by atoms with E-state index < -0.39 is 0 Å². The smallest absolute Gasteiger partial charge is 0.220 e. The van der Waals surface area contributed by atoms with E-state index >= 15 is 0 Å². The van der Waals surface area contributed by atoms with E-state index in [1.54, 1.807) is 12.1 Å². The van der Waals surface area contributed by atoms with Crippen LogP contribution in [-0.2, 0) is 37.3 Å². The number of hydrogen-bond donors (Lipinski definition) is 4. The molecule has 50 heavy (non-hydrogen) atoms. The molecule has 0 spiro atoms. The second-order valence-electron chi connectivity index (χ2n) is 11.6. The lowest BCUT2D eigenvalue weighted by atomic mass is 9.98. The number of anilines is 2. The van der Waals surface area contributed by atoms with Crippen molar-refractivity contribution in [3.8, 4) is 34.0 Å². The van der Waals surface area contributed by atoms with Gasteiger partial charge in [0, 0.05) is 80.0 Å². The summed E-state index contributed by atoms with van der Waals surface area (Å²) >= 11 is 0. The summed E-state index contributed by atoms with van der Waals surface area (Å²) in [6.07, 6.45) is 1.60. The van der Waals surface area contributed by atoms with Crippen molar-refractivity contribution in [1.29, 1.82) is 0 Å². The fourth-order valence-electron chi connectivity index (χ4n) is 5.99. The van der Waals surface area contributed by atoms with E-state index in [1.165, 1.54) is 51.2 Å². The van der Waals surface area contributed by atoms with Crippen LogP contribution >= 0.6 is 0 Å². The molecule has 0 fully saturated rings. The number of nitrogens with two attached hydrogens (primary N) is 2. The Morgan fingerprint density at radius 3 is 1.86 bits per heavy atom. The van der Waals surface area contributed by atoms with Gasteiger partial charge in [0.1, 0.15) is 23.1 Å². The number of benzene rings is 3. The van der Waals surface area contributed by atoms with Gasteiger partial charge >= 0.3 is 0 Å². The average molecular weight is 687 g/mol. The lowest BCUT2D eigenvalue weighted by molar-refractivity contribution is -0.679. The zero-order valence-corrected chi connectivity index (χ0v) is 28.4. The van der Waals surface area contributed by atoms with Crippen molar-refractivity contribution in [1.82, 2.24) is 30.2 Å². The standard InChI is InChI=1S/C21H21FN4O.C14H15FN4O.CH6NO/c1-27-19-11-15(22)7-8-16(19)20-17-13-26(12-14-5-3-2-4-6-14)10-9-18(17)24-21(23)25-20;1-20-12-6-8(15)2-3-9(12)13-10-7-17-5-4-11(10)18-14(16)19-13;1-3-2/h2-8,11H,9-10,12-13H2,1H3,(H2,23,24,25);2-3,6,17H,4-5,7H2,1H3,(H2,16,18,19);1-2H3/q;;+1. The van der Waals surface area contributed by atoms with Crippen molar-refractivity contribution in [2.75, 3.05) is 45.9 Å². The third kappa shape index (κ3) is 8.65. The van der Waals surface area contributed by atoms with E-state index in [1.807, 2.05) is 18.2 Å². The number of aromatic nitrogens is 4. The highest BCUT2D eigenvalue weighted by Crippen LogP contribution is 2.36. The number of nitrogens with one attached hydrogen (secondary N) is 1. The van der Waals surface area contributed by atoms with Gasteiger partial charge in [-0.2, -0.15) is 0 Å². The molecule has 2 aromatic heterocycles. The molecule has 0 saturated carbocycles. The van der Waals surface area contributed by atoms with Crippen LogP contribution in [-0.4, -0.2) is 59.3 Å². The summed E-state index contributed by atoms with van der Waals surface area (Å²) < 4.78 is 37.6. The number of nitrogens with zero attached hydrogens (tertiary/aromatic N) is 5. The maximum atomic E-state index is 13.6. The minimum absolute atomic E-state index is 0.228. The molecule has 0 unspecified atom stereocenters. The van der Waals surface area contributed by atoms with Gasteiger partial charge in [-0.3, -0.25) is 4.90 Å². The summed E-state index contributed by atoms with van der Waals surface area (Å²) in [7, 11) is 4.55. The molecule has 0 atom stereocenters. The molecule has 3 aromatic carbocycles. The summed E-state index contributed by atoms with van der Waals surface area (Å²) in [4.78, 5) is 23.9. The molecule has 0 aliphatic carbocycles. The SMILES string of the molecule is CO[NH3+].COc1cc(F)ccc1-c1nc(N)nc2c1CN(Cc1ccccc1)CC2.COc1cc(F)ccc1-c1nc(N)nc2c1CNCC2. The van der Waals surface area contributed by atoms with E-state index in [0.29, 0.717) is 36.0 Å². The van der Waals surface area contributed by atoms with Crippen LogP contribution < -0.4 is 32.2 Å². The van der Waals surface area contributed by atoms with E-state index in [-0.39, 0.29) is 23.5 Å². The Morgan fingerprint density at radius 2 is 1.30 bits per heavy atom. The highest BCUT2D eigenvalue weighted by Gasteiger charge is 2.25. The summed E-state index contributed by atoms with van der Waals surface area (Å²) in [6.45, 7) is 4.00. The molecule has 262 valence electrons. The maximum absolute atomic E-state index is 13.6. The molecule has 0 radical (unpaired) electrons. The Morgan fingerprint density at radius 1 is 0.760 bits per heavy atom. The molecule has 0 saturated heterocycles. The predicted molar refractivity (Wildman–Crippen MR) is 186 cm³/mol. The highest BCUT2D eigenvalue weighted by atomic mass is 19.1. The van der Waals surface area contributed by atoms with Gasteiger partial charge in [-0.15, -0.1) is 0 Å². The van der Waals surface area contributed by atoms with Gasteiger partial charge in [0.15, 0.2) is 0 Å². The van der Waals surface area contributed by atoms with Crippen molar-refractivity contribution in [2.45, 2.75) is 32.5 Å². The number of halogens is 2. The van der Waals surface area contributed by atoms with Gasteiger partial charge < -0.3 is 26.3 Å². The molecule has 8 N–H and O–H groups in total. The first-order chi connectivity index (χ1) is 24.2. The van der Waals surface area contributed by atoms with Crippen LogP contribution in [0, 0.1) is 11.6 Å². The van der Waals surface area contributed by atoms with Crippen LogP contribution in [0.25, 0.3) is 22.5 Å². The van der Waals surface area contributed by atoms with E-state index in [9.17, 15) is 8.78 Å². The molecule has 4 heterocycles. The molecule has 0 bridgehead atoms. The molecule has 7 rings (SSSR count). The van der Waals surface area contributed by atoms with Crippen LogP contribution in [0.4, 0.5) is 20.7 Å². The first-order valence-corrected chi connectivity index (χ1v) is 16.0. The summed E-state index contributed by atoms with van der Waals surface area (Å²) in [5, 5.41) is 3.28. The van der Waals surface area contributed by atoms with Crippen molar-refractivity contribution in [2.24, 2.45) is 0 Å². The van der Waals surface area contributed by atoms with Crippen LogP contribution in [0.3, 0.4) is 0 Å². The number of rotatable bonds is 6. The van der Waals surface area contributed by atoms with Gasteiger partial charge in [0.25, 0.3) is 0 Å². The number of methoxy groups -OCH3 is 2. The minimum Gasteiger partial charge on any atom is -0.496 e. The first kappa shape index (κ1) is 36.0. The number of fused-ring (bicyclic) bond motifs is 2. The van der Waals surface area contributed by atoms with Crippen molar-refractivity contribution in [3.05, 3.63) is 106 Å². The molecule has 0 amide bonds. The van der Waals surface area contributed by atoms with Crippen molar-refractivity contribution in [3.63, 3.8) is 0 Å². The van der Waals surface area contributed by atoms with E-state index in [2.05, 4.69) is 53.0 Å². The van der Waals surface area contributed by atoms with Crippen molar-refractivity contribution < 1.29 is 29.0 Å². The Kier molecular flexibility index (Phi) is 12.2. The van der Waals surface area contributed by atoms with Crippen LogP contribution in [0.2, 0.25) is 0 Å². The lowest BCUT2D eigenvalue weighted by Gasteiger charge is -2.29. The monoisotopic (exact) mass is 686 g/mol. The number of ether oxygens (including phenoxy) is 2. The Hall–Kier alpha value is -5.28. The zero-order valence-electron chi connectivity index (χ0n) is 28.4. The van der Waals surface area contributed by atoms with Gasteiger partial charge in [-0.25, -0.2) is 39.5 Å². The third-order valence-electron chi connectivity index (χ3n) is 8.19. The number of hydrogen-bond acceptors (Lipinski definition) is 11. The van der Waals surface area contributed by atoms with Crippen LogP contribution in [0.15, 0.2) is 66.7 Å². The largest absolute Gasteiger partial charge is 0.496 e. The number of quaternary nitrogens is 1. The first-order valence-electron chi connectivity index (χ1n) is 16.0. The maximum Gasteiger partial charge on any atom is 0.220 e. The average Bonchev–Trinajstić information content (AvgIpc) is 3.12. The minimum atomic E-state index is -0.350. The van der Waals surface area contributed by atoms with Gasteiger partial charge in [0.05, 0.1) is 44.1 Å². The highest BCUT2D eigenvalue weighted by molar-refractivity contribution is 5.72. The molecular weight excluding hydrogens is 644 g/mol. The Balaban J connectivity index is 0.000000187. The van der Waals surface area contributed by atoms with E-state index in [4.69, 9.17) is 20.9 Å². The molecule has 2 aliphatic rings. The normalized spacial score (nSPS) is 13.5. The second-order valence-corrected chi connectivity index (χ2v) is 11.6. The molecular formula is C36H42F2N9O3+. The zero-order chi connectivity index (χ0) is 35.6. The Bertz CT molecular complexity index is 1910. The molecule has 5 aromatic rings. The van der Waals surface area contributed by atoms with Gasteiger partial charge in [0.2, 0.25) is 11.9 Å². The summed E-state index contributed by atoms with van der Waals surface area (Å²) in [6, 6.07) is 19.2. The Labute approximate surface area is 289 Å². The number of nitrogen functional groups attached to an aromatic ring is 2. The summed E-state index contributed by atoms with van der Waals surface area (Å²) in [5.74, 6) is 3.63.